The van der Waals surface area contributed by atoms with Gasteiger partial charge in [-0.1, -0.05) is 42.5 Å². The fraction of sp³-hybridized carbons (Fsp3) is 0.333. The summed E-state index contributed by atoms with van der Waals surface area (Å²) < 4.78 is 16.6. The quantitative estimate of drug-likeness (QED) is 0.476. The largest absolute Gasteiger partial charge is 0.496 e. The zero-order valence-electron chi connectivity index (χ0n) is 20.8. The number of hydrogen-bond acceptors (Lipinski definition) is 7. The zero-order chi connectivity index (χ0) is 26.1. The number of methoxy groups -OCH3 is 3. The van der Waals surface area contributed by atoms with Gasteiger partial charge in [0.1, 0.15) is 5.75 Å². The molecule has 0 radical (unpaired) electrons. The topological polar surface area (TPSA) is 109 Å². The molecule has 0 bridgehead atoms. The van der Waals surface area contributed by atoms with Crippen LogP contribution >= 0.6 is 0 Å². The number of benzene rings is 3. The van der Waals surface area contributed by atoms with Gasteiger partial charge in [0.25, 0.3) is 0 Å². The molecular weight excluding hydrogens is 464 g/mol. The first kappa shape index (κ1) is 26.8. The van der Waals surface area contributed by atoms with Gasteiger partial charge in [-0.15, -0.1) is 0 Å². The highest BCUT2D eigenvalue weighted by atomic mass is 16.5. The highest BCUT2D eigenvalue weighted by Crippen LogP contribution is 2.32. The van der Waals surface area contributed by atoms with Crippen molar-refractivity contribution in [3.05, 3.63) is 65.7 Å². The van der Waals surface area contributed by atoms with Crippen molar-refractivity contribution < 1.29 is 34.0 Å². The van der Waals surface area contributed by atoms with Crippen LogP contribution in [-0.4, -0.2) is 79.5 Å². The van der Waals surface area contributed by atoms with E-state index in [2.05, 4.69) is 52.3 Å². The smallest absolute Gasteiger partial charge is 0.414 e. The van der Waals surface area contributed by atoms with Crippen LogP contribution in [0.1, 0.15) is 11.1 Å². The van der Waals surface area contributed by atoms with Crippen molar-refractivity contribution in [3.8, 4) is 17.2 Å². The van der Waals surface area contributed by atoms with Crippen LogP contribution < -0.4 is 14.2 Å². The van der Waals surface area contributed by atoms with E-state index in [1.54, 1.807) is 21.3 Å². The van der Waals surface area contributed by atoms with Gasteiger partial charge in [-0.25, -0.2) is 9.59 Å². The number of rotatable bonds is 7. The maximum atomic E-state index is 9.10. The SMILES string of the molecule is COc1cccc(CN2CCN(Cc3ccc(OC)c4ccccc34)CC2)c1OC.O=C(O)C(=O)O. The van der Waals surface area contributed by atoms with Crippen molar-refractivity contribution in [2.45, 2.75) is 13.1 Å². The molecule has 4 rings (SSSR count). The minimum Gasteiger partial charge on any atom is -0.496 e. The third kappa shape index (κ3) is 6.65. The minimum absolute atomic E-state index is 0.792. The van der Waals surface area contributed by atoms with Crippen molar-refractivity contribution in [1.82, 2.24) is 9.80 Å². The maximum absolute atomic E-state index is 9.10. The fourth-order valence-electron chi connectivity index (χ4n) is 4.32. The average Bonchev–Trinajstić information content (AvgIpc) is 2.90. The normalized spacial score (nSPS) is 14.0. The van der Waals surface area contributed by atoms with Crippen molar-refractivity contribution in [2.75, 3.05) is 47.5 Å². The van der Waals surface area contributed by atoms with Gasteiger partial charge < -0.3 is 24.4 Å². The highest BCUT2D eigenvalue weighted by Gasteiger charge is 2.20. The van der Waals surface area contributed by atoms with E-state index in [4.69, 9.17) is 34.0 Å². The van der Waals surface area contributed by atoms with Crippen molar-refractivity contribution in [3.63, 3.8) is 0 Å². The van der Waals surface area contributed by atoms with Crippen LogP contribution in [0.4, 0.5) is 0 Å². The third-order valence-corrected chi connectivity index (χ3v) is 6.11. The Balaban J connectivity index is 0.000000538. The van der Waals surface area contributed by atoms with Gasteiger partial charge in [0.15, 0.2) is 11.5 Å². The van der Waals surface area contributed by atoms with Gasteiger partial charge in [-0.3, -0.25) is 9.80 Å². The van der Waals surface area contributed by atoms with Crippen molar-refractivity contribution >= 4 is 22.7 Å². The molecule has 0 aromatic heterocycles. The molecule has 0 spiro atoms. The monoisotopic (exact) mass is 496 g/mol. The first-order valence-electron chi connectivity index (χ1n) is 11.5. The Morgan fingerprint density at radius 3 is 1.75 bits per heavy atom. The first-order chi connectivity index (χ1) is 17.4. The number of carbonyl (C=O) groups is 2. The Labute approximate surface area is 210 Å². The van der Waals surface area contributed by atoms with E-state index in [0.29, 0.717) is 0 Å². The molecule has 0 saturated carbocycles. The third-order valence-electron chi connectivity index (χ3n) is 6.11. The van der Waals surface area contributed by atoms with Gasteiger partial charge in [-0.2, -0.15) is 0 Å². The molecule has 1 aliphatic heterocycles. The van der Waals surface area contributed by atoms with E-state index >= 15 is 0 Å². The van der Waals surface area contributed by atoms with Crippen LogP contribution in [0.2, 0.25) is 0 Å². The standard InChI is InChI=1S/C25H30N2O3.C2H2O4/c1-28-23-12-11-19(21-8-4-5-9-22(21)23)17-26-13-15-27(16-14-26)18-20-7-6-10-24(29-2)25(20)30-3;3-1(4)2(5)6/h4-12H,13-18H2,1-3H3;(H,3,4)(H,5,6). The lowest BCUT2D eigenvalue weighted by atomic mass is 10.0. The van der Waals surface area contributed by atoms with E-state index in [9.17, 15) is 0 Å². The number of nitrogens with zero attached hydrogens (tertiary/aromatic N) is 2. The van der Waals surface area contributed by atoms with Gasteiger partial charge in [-0.05, 0) is 23.1 Å². The predicted molar refractivity (Wildman–Crippen MR) is 136 cm³/mol. The van der Waals surface area contributed by atoms with Gasteiger partial charge in [0.2, 0.25) is 0 Å². The molecule has 9 nitrogen and oxygen atoms in total. The van der Waals surface area contributed by atoms with Crippen LogP contribution in [0.25, 0.3) is 10.8 Å². The molecule has 36 heavy (non-hydrogen) atoms. The van der Waals surface area contributed by atoms with Gasteiger partial charge in [0.05, 0.1) is 21.3 Å². The van der Waals surface area contributed by atoms with Gasteiger partial charge >= 0.3 is 11.9 Å². The van der Waals surface area contributed by atoms with Crippen molar-refractivity contribution in [2.24, 2.45) is 0 Å². The molecule has 9 heteroatoms. The predicted octanol–water partition coefficient (Wildman–Crippen LogP) is 3.34. The summed E-state index contributed by atoms with van der Waals surface area (Å²) in [4.78, 5) is 23.2. The second-order valence-electron chi connectivity index (χ2n) is 8.29. The number of aliphatic carboxylic acids is 2. The summed E-state index contributed by atoms with van der Waals surface area (Å²) in [6, 6.07) is 18.9. The molecule has 2 N–H and O–H groups in total. The van der Waals surface area contributed by atoms with Crippen LogP contribution in [0.3, 0.4) is 0 Å². The molecule has 1 aliphatic rings. The number of piperazine rings is 1. The summed E-state index contributed by atoms with van der Waals surface area (Å²) in [5.41, 5.74) is 2.53. The van der Waals surface area contributed by atoms with Crippen LogP contribution in [-0.2, 0) is 22.7 Å². The molecular formula is C27H32N2O7. The molecule has 0 aliphatic carbocycles. The summed E-state index contributed by atoms with van der Waals surface area (Å²) in [5, 5.41) is 17.2. The molecule has 0 atom stereocenters. The molecule has 1 fully saturated rings. The van der Waals surface area contributed by atoms with E-state index in [1.807, 2.05) is 12.1 Å². The average molecular weight is 497 g/mol. The zero-order valence-corrected chi connectivity index (χ0v) is 20.8. The molecule has 1 saturated heterocycles. The molecule has 192 valence electrons. The lowest BCUT2D eigenvalue weighted by Crippen LogP contribution is -2.45. The minimum atomic E-state index is -1.82. The Morgan fingerprint density at radius 2 is 1.22 bits per heavy atom. The Hall–Kier alpha value is -3.82. The second-order valence-corrected chi connectivity index (χ2v) is 8.29. The summed E-state index contributed by atoms with van der Waals surface area (Å²) in [5.74, 6) is -1.08. The number of fused-ring (bicyclic) bond motifs is 1. The summed E-state index contributed by atoms with van der Waals surface area (Å²) in [6.45, 7) is 6.00. The lowest BCUT2D eigenvalue weighted by Gasteiger charge is -2.35. The second kappa shape index (κ2) is 12.8. The Morgan fingerprint density at radius 1 is 0.667 bits per heavy atom. The highest BCUT2D eigenvalue weighted by molar-refractivity contribution is 6.27. The van der Waals surface area contributed by atoms with Crippen molar-refractivity contribution in [1.29, 1.82) is 0 Å². The number of carboxylic acids is 2. The molecule has 0 amide bonds. The van der Waals surface area contributed by atoms with E-state index in [0.717, 1.165) is 56.5 Å². The Bertz CT molecular complexity index is 1180. The first-order valence-corrected chi connectivity index (χ1v) is 11.5. The molecule has 0 unspecified atom stereocenters. The summed E-state index contributed by atoms with van der Waals surface area (Å²) in [6.07, 6.45) is 0. The van der Waals surface area contributed by atoms with Crippen LogP contribution in [0.5, 0.6) is 17.2 Å². The maximum Gasteiger partial charge on any atom is 0.414 e. The molecule has 3 aromatic carbocycles. The van der Waals surface area contributed by atoms with Crippen LogP contribution in [0, 0.1) is 0 Å². The van der Waals surface area contributed by atoms with Gasteiger partial charge in [0, 0.05) is 50.2 Å². The molecule has 1 heterocycles. The molecule has 3 aromatic rings. The lowest BCUT2D eigenvalue weighted by molar-refractivity contribution is -0.159. The fourth-order valence-corrected chi connectivity index (χ4v) is 4.32. The van der Waals surface area contributed by atoms with E-state index in [-0.39, 0.29) is 0 Å². The van der Waals surface area contributed by atoms with Crippen LogP contribution in [0.15, 0.2) is 54.6 Å². The summed E-state index contributed by atoms with van der Waals surface area (Å²) in [7, 11) is 5.12. The number of para-hydroxylation sites is 1. The summed E-state index contributed by atoms with van der Waals surface area (Å²) >= 11 is 0. The number of hydrogen-bond donors (Lipinski definition) is 2. The number of carboxylic acid groups (broad SMARTS) is 2. The van der Waals surface area contributed by atoms with E-state index < -0.39 is 11.9 Å². The Kier molecular flexibility index (Phi) is 9.49. The number of ether oxygens (including phenoxy) is 3. The van der Waals surface area contributed by atoms with E-state index in [1.165, 1.54) is 21.9 Å².